The van der Waals surface area contributed by atoms with Crippen LogP contribution in [0.2, 0.25) is 0 Å². The van der Waals surface area contributed by atoms with Gasteiger partial charge in [0.2, 0.25) is 0 Å². The van der Waals surface area contributed by atoms with E-state index >= 15 is 0 Å². The fourth-order valence-corrected chi connectivity index (χ4v) is 1.50. The highest BCUT2D eigenvalue weighted by molar-refractivity contribution is 9.10. The zero-order chi connectivity index (χ0) is 9.68. The Kier molecular flexibility index (Phi) is 3.76. The largest absolute Gasteiger partial charge is 0.352 e. The zero-order valence-electron chi connectivity index (χ0n) is 7.09. The summed E-state index contributed by atoms with van der Waals surface area (Å²) in [5, 5.41) is 2.54. The summed E-state index contributed by atoms with van der Waals surface area (Å²) >= 11 is 3.42. The van der Waals surface area contributed by atoms with Crippen LogP contribution >= 0.6 is 15.9 Å². The SMILES string of the molecule is NC(=O)NCCc1ccccc1Br. The highest BCUT2D eigenvalue weighted by Gasteiger charge is 1.98. The summed E-state index contributed by atoms with van der Waals surface area (Å²) in [6.45, 7) is 0.567. The van der Waals surface area contributed by atoms with Gasteiger partial charge >= 0.3 is 6.03 Å². The maximum atomic E-state index is 10.4. The second kappa shape index (κ2) is 4.87. The Morgan fingerprint density at radius 3 is 2.77 bits per heavy atom. The van der Waals surface area contributed by atoms with Gasteiger partial charge in [0.05, 0.1) is 0 Å². The van der Waals surface area contributed by atoms with Gasteiger partial charge in [-0.1, -0.05) is 34.1 Å². The molecule has 0 atom stereocenters. The van der Waals surface area contributed by atoms with E-state index < -0.39 is 6.03 Å². The molecule has 0 spiro atoms. The molecule has 3 N–H and O–H groups in total. The van der Waals surface area contributed by atoms with Crippen LogP contribution in [0.15, 0.2) is 28.7 Å². The average Bonchev–Trinajstić information content (AvgIpc) is 2.08. The fourth-order valence-electron chi connectivity index (χ4n) is 1.02. The quantitative estimate of drug-likeness (QED) is 0.833. The smallest absolute Gasteiger partial charge is 0.312 e. The van der Waals surface area contributed by atoms with E-state index in [1.807, 2.05) is 24.3 Å². The molecule has 3 nitrogen and oxygen atoms in total. The molecule has 1 aromatic carbocycles. The maximum absolute atomic E-state index is 10.4. The molecule has 0 saturated heterocycles. The molecule has 2 amide bonds. The van der Waals surface area contributed by atoms with Crippen molar-refractivity contribution < 1.29 is 4.79 Å². The second-order valence-electron chi connectivity index (χ2n) is 2.63. The molecule has 0 radical (unpaired) electrons. The molecule has 0 aliphatic heterocycles. The van der Waals surface area contributed by atoms with Gasteiger partial charge < -0.3 is 11.1 Å². The van der Waals surface area contributed by atoms with Crippen molar-refractivity contribution in [1.29, 1.82) is 0 Å². The van der Waals surface area contributed by atoms with Gasteiger partial charge in [-0.25, -0.2) is 4.79 Å². The van der Waals surface area contributed by atoms with Gasteiger partial charge in [0.25, 0.3) is 0 Å². The monoisotopic (exact) mass is 242 g/mol. The van der Waals surface area contributed by atoms with Crippen molar-refractivity contribution in [1.82, 2.24) is 5.32 Å². The highest BCUT2D eigenvalue weighted by atomic mass is 79.9. The number of nitrogens with one attached hydrogen (secondary N) is 1. The molecule has 0 bridgehead atoms. The molecule has 0 saturated carbocycles. The summed E-state index contributed by atoms with van der Waals surface area (Å²) in [7, 11) is 0. The van der Waals surface area contributed by atoms with Crippen LogP contribution in [0.4, 0.5) is 4.79 Å². The first-order valence-electron chi connectivity index (χ1n) is 3.97. The predicted octanol–water partition coefficient (Wildman–Crippen LogP) is 1.66. The van der Waals surface area contributed by atoms with Crippen molar-refractivity contribution in [2.24, 2.45) is 5.73 Å². The lowest BCUT2D eigenvalue weighted by molar-refractivity contribution is 0.249. The summed E-state index contributed by atoms with van der Waals surface area (Å²) in [6, 6.07) is 7.42. The lowest BCUT2D eigenvalue weighted by Gasteiger charge is -2.03. The van der Waals surface area contributed by atoms with E-state index in [-0.39, 0.29) is 0 Å². The Morgan fingerprint density at radius 2 is 2.15 bits per heavy atom. The molecule has 0 aliphatic rings. The normalized spacial score (nSPS) is 9.62. The zero-order valence-corrected chi connectivity index (χ0v) is 8.67. The van der Waals surface area contributed by atoms with E-state index in [1.54, 1.807) is 0 Å². The Hall–Kier alpha value is -1.03. The minimum Gasteiger partial charge on any atom is -0.352 e. The summed E-state index contributed by atoms with van der Waals surface area (Å²) in [6.07, 6.45) is 0.782. The van der Waals surface area contributed by atoms with Gasteiger partial charge in [-0.3, -0.25) is 0 Å². The average molecular weight is 243 g/mol. The number of halogens is 1. The van der Waals surface area contributed by atoms with Crippen LogP contribution in [0.1, 0.15) is 5.56 Å². The molecule has 1 aromatic rings. The Morgan fingerprint density at radius 1 is 1.46 bits per heavy atom. The number of carbonyl (C=O) groups excluding carboxylic acids is 1. The van der Waals surface area contributed by atoms with E-state index in [4.69, 9.17) is 5.73 Å². The number of hydrogen-bond acceptors (Lipinski definition) is 1. The number of amides is 2. The summed E-state index contributed by atoms with van der Waals surface area (Å²) in [5.74, 6) is 0. The summed E-state index contributed by atoms with van der Waals surface area (Å²) in [4.78, 5) is 10.4. The molecular weight excluding hydrogens is 232 g/mol. The predicted molar refractivity (Wildman–Crippen MR) is 55.4 cm³/mol. The third-order valence-electron chi connectivity index (χ3n) is 1.65. The van der Waals surface area contributed by atoms with Gasteiger partial charge in [-0.15, -0.1) is 0 Å². The molecular formula is C9H11BrN2O. The van der Waals surface area contributed by atoms with Crippen LogP contribution in [0.5, 0.6) is 0 Å². The molecule has 70 valence electrons. The number of carbonyl (C=O) groups is 1. The lowest BCUT2D eigenvalue weighted by Crippen LogP contribution is -2.30. The van der Waals surface area contributed by atoms with Gasteiger partial charge in [-0.05, 0) is 18.1 Å². The summed E-state index contributed by atoms with van der Waals surface area (Å²) < 4.78 is 1.06. The molecule has 0 aliphatic carbocycles. The fraction of sp³-hybridized carbons (Fsp3) is 0.222. The molecule has 4 heteroatoms. The van der Waals surface area contributed by atoms with Crippen molar-refractivity contribution in [2.45, 2.75) is 6.42 Å². The molecule has 0 aromatic heterocycles. The van der Waals surface area contributed by atoms with Gasteiger partial charge in [0.15, 0.2) is 0 Å². The third kappa shape index (κ3) is 3.46. The number of primary amides is 1. The Bertz CT molecular complexity index is 301. The molecule has 0 fully saturated rings. The number of rotatable bonds is 3. The minimum atomic E-state index is -0.480. The topological polar surface area (TPSA) is 55.1 Å². The Labute approximate surface area is 85.4 Å². The van der Waals surface area contributed by atoms with Crippen LogP contribution < -0.4 is 11.1 Å². The molecule has 1 rings (SSSR count). The second-order valence-corrected chi connectivity index (χ2v) is 3.49. The Balaban J connectivity index is 2.45. The first kappa shape index (κ1) is 10.1. The van der Waals surface area contributed by atoms with Crippen LogP contribution in [0.3, 0.4) is 0 Å². The standard InChI is InChI=1S/C9H11BrN2O/c10-8-4-2-1-3-7(8)5-6-12-9(11)13/h1-4H,5-6H2,(H3,11,12,13). The van der Waals surface area contributed by atoms with Crippen LogP contribution in [-0.2, 0) is 6.42 Å². The van der Waals surface area contributed by atoms with E-state index in [0.29, 0.717) is 6.54 Å². The van der Waals surface area contributed by atoms with Gasteiger partial charge in [-0.2, -0.15) is 0 Å². The third-order valence-corrected chi connectivity index (χ3v) is 2.43. The number of urea groups is 1. The first-order valence-corrected chi connectivity index (χ1v) is 4.76. The van der Waals surface area contributed by atoms with Crippen molar-refractivity contribution >= 4 is 22.0 Å². The summed E-state index contributed by atoms with van der Waals surface area (Å²) in [5.41, 5.74) is 6.10. The van der Waals surface area contributed by atoms with Crippen LogP contribution in [0, 0.1) is 0 Å². The molecule has 0 unspecified atom stereocenters. The van der Waals surface area contributed by atoms with Crippen molar-refractivity contribution in [3.8, 4) is 0 Å². The van der Waals surface area contributed by atoms with Crippen molar-refractivity contribution in [2.75, 3.05) is 6.54 Å². The molecule has 0 heterocycles. The van der Waals surface area contributed by atoms with E-state index in [2.05, 4.69) is 21.2 Å². The van der Waals surface area contributed by atoms with Gasteiger partial charge in [0.1, 0.15) is 0 Å². The van der Waals surface area contributed by atoms with Crippen molar-refractivity contribution in [3.63, 3.8) is 0 Å². The first-order chi connectivity index (χ1) is 6.20. The number of benzene rings is 1. The number of nitrogens with two attached hydrogens (primary N) is 1. The van der Waals surface area contributed by atoms with Crippen LogP contribution in [0.25, 0.3) is 0 Å². The van der Waals surface area contributed by atoms with Crippen LogP contribution in [-0.4, -0.2) is 12.6 Å². The maximum Gasteiger partial charge on any atom is 0.312 e. The minimum absolute atomic E-state index is 0.480. The van der Waals surface area contributed by atoms with E-state index in [0.717, 1.165) is 16.5 Å². The highest BCUT2D eigenvalue weighted by Crippen LogP contribution is 2.15. The van der Waals surface area contributed by atoms with E-state index in [1.165, 1.54) is 0 Å². The molecule has 13 heavy (non-hydrogen) atoms. The van der Waals surface area contributed by atoms with Gasteiger partial charge in [0, 0.05) is 11.0 Å². The van der Waals surface area contributed by atoms with Crippen molar-refractivity contribution in [3.05, 3.63) is 34.3 Å². The lowest BCUT2D eigenvalue weighted by atomic mass is 10.1. The number of hydrogen-bond donors (Lipinski definition) is 2. The van der Waals surface area contributed by atoms with E-state index in [9.17, 15) is 4.79 Å².